The van der Waals surface area contributed by atoms with E-state index in [1.54, 1.807) is 31.2 Å². The number of rotatable bonds is 3. The Hall–Kier alpha value is -1.77. The predicted molar refractivity (Wildman–Crippen MR) is 82.4 cm³/mol. The smallest absolute Gasteiger partial charge is 0.274 e. The van der Waals surface area contributed by atoms with Gasteiger partial charge < -0.3 is 5.32 Å². The molecule has 1 aromatic heterocycles. The Morgan fingerprint density at radius 3 is 2.62 bits per heavy atom. The van der Waals surface area contributed by atoms with E-state index in [2.05, 4.69) is 26.2 Å². The van der Waals surface area contributed by atoms with Crippen LogP contribution in [0.25, 0.3) is 0 Å². The summed E-state index contributed by atoms with van der Waals surface area (Å²) in [6.07, 6.45) is 0. The normalized spacial score (nSPS) is 11.2. The summed E-state index contributed by atoms with van der Waals surface area (Å²) in [5, 5.41) is 7.70. The van der Waals surface area contributed by atoms with Crippen molar-refractivity contribution >= 4 is 37.5 Å². The van der Waals surface area contributed by atoms with E-state index in [1.807, 2.05) is 0 Å². The molecule has 0 atom stereocenters. The van der Waals surface area contributed by atoms with Crippen LogP contribution in [0.1, 0.15) is 16.1 Å². The van der Waals surface area contributed by atoms with Crippen molar-refractivity contribution in [1.29, 1.82) is 0 Å². The van der Waals surface area contributed by atoms with Crippen LogP contribution in [0.3, 0.4) is 0 Å². The molecule has 0 fully saturated rings. The van der Waals surface area contributed by atoms with Gasteiger partial charge >= 0.3 is 0 Å². The van der Waals surface area contributed by atoms with Crippen molar-refractivity contribution in [3.8, 4) is 0 Å². The highest BCUT2D eigenvalue weighted by atomic mass is 79.9. The number of anilines is 1. The Labute approximate surface area is 130 Å². The second kappa shape index (κ2) is 5.92. The fourth-order valence-corrected chi connectivity index (χ4v) is 2.52. The van der Waals surface area contributed by atoms with Crippen LogP contribution in [0.15, 0.2) is 45.9 Å². The number of hydrogen-bond acceptors (Lipinski definition) is 4. The molecule has 0 bridgehead atoms. The van der Waals surface area contributed by atoms with Crippen molar-refractivity contribution in [2.24, 2.45) is 5.14 Å². The van der Waals surface area contributed by atoms with E-state index < -0.39 is 15.9 Å². The molecule has 6 nitrogen and oxygen atoms in total. The third kappa shape index (κ3) is 3.87. The van der Waals surface area contributed by atoms with E-state index in [0.29, 0.717) is 15.9 Å². The van der Waals surface area contributed by atoms with Crippen LogP contribution < -0.4 is 10.5 Å². The van der Waals surface area contributed by atoms with Crippen molar-refractivity contribution in [2.75, 3.05) is 5.32 Å². The fraction of sp³-hybridized carbons (Fsp3) is 0.0769. The second-order valence-electron chi connectivity index (χ2n) is 4.32. The van der Waals surface area contributed by atoms with Crippen molar-refractivity contribution in [3.63, 3.8) is 0 Å². The highest BCUT2D eigenvalue weighted by molar-refractivity contribution is 9.10. The number of halogens is 1. The van der Waals surface area contributed by atoms with Gasteiger partial charge in [-0.2, -0.15) is 0 Å². The lowest BCUT2D eigenvalue weighted by atomic mass is 10.2. The third-order valence-electron chi connectivity index (χ3n) is 2.73. The lowest BCUT2D eigenvalue weighted by Gasteiger charge is -2.09. The maximum atomic E-state index is 12.1. The van der Waals surface area contributed by atoms with E-state index in [0.717, 1.165) is 0 Å². The molecule has 0 saturated heterocycles. The van der Waals surface area contributed by atoms with Crippen LogP contribution in [-0.4, -0.2) is 19.3 Å². The van der Waals surface area contributed by atoms with Gasteiger partial charge in [-0.05, 0) is 52.7 Å². The van der Waals surface area contributed by atoms with E-state index in [-0.39, 0.29) is 10.6 Å². The Morgan fingerprint density at radius 2 is 2.00 bits per heavy atom. The zero-order valence-electron chi connectivity index (χ0n) is 11.0. The molecule has 110 valence electrons. The first kappa shape index (κ1) is 15.6. The largest absolute Gasteiger partial charge is 0.320 e. The molecule has 1 aromatic carbocycles. The van der Waals surface area contributed by atoms with Crippen LogP contribution in [-0.2, 0) is 10.0 Å². The zero-order chi connectivity index (χ0) is 15.6. The first-order valence-corrected chi connectivity index (χ1v) is 8.18. The van der Waals surface area contributed by atoms with Gasteiger partial charge in [0.05, 0.1) is 4.90 Å². The van der Waals surface area contributed by atoms with Gasteiger partial charge in [-0.3, -0.25) is 4.79 Å². The summed E-state index contributed by atoms with van der Waals surface area (Å²) in [7, 11) is -3.82. The fourth-order valence-electron chi connectivity index (χ4n) is 1.63. The summed E-state index contributed by atoms with van der Waals surface area (Å²) in [6, 6.07) is 9.21. The van der Waals surface area contributed by atoms with E-state index in [1.165, 1.54) is 12.1 Å². The first-order chi connectivity index (χ1) is 9.77. The van der Waals surface area contributed by atoms with Crippen molar-refractivity contribution in [2.45, 2.75) is 11.8 Å². The number of nitrogens with one attached hydrogen (secondary N) is 1. The molecule has 0 aliphatic carbocycles. The number of amides is 1. The lowest BCUT2D eigenvalue weighted by molar-refractivity contribution is 0.102. The molecule has 0 radical (unpaired) electrons. The van der Waals surface area contributed by atoms with Gasteiger partial charge in [0.1, 0.15) is 10.3 Å². The molecule has 1 amide bonds. The molecule has 8 heteroatoms. The van der Waals surface area contributed by atoms with Crippen molar-refractivity contribution in [3.05, 3.63) is 52.3 Å². The van der Waals surface area contributed by atoms with Gasteiger partial charge in [-0.1, -0.05) is 12.1 Å². The Kier molecular flexibility index (Phi) is 4.40. The van der Waals surface area contributed by atoms with E-state index in [9.17, 15) is 13.2 Å². The van der Waals surface area contributed by atoms with Gasteiger partial charge in [-0.25, -0.2) is 18.5 Å². The molecule has 0 unspecified atom stereocenters. The number of pyridine rings is 1. The highest BCUT2D eigenvalue weighted by Crippen LogP contribution is 2.20. The summed E-state index contributed by atoms with van der Waals surface area (Å²) < 4.78 is 23.2. The monoisotopic (exact) mass is 369 g/mol. The molecule has 2 rings (SSSR count). The number of carbonyl (C=O) groups excluding carboxylic acids is 1. The minimum atomic E-state index is -3.82. The van der Waals surface area contributed by atoms with Crippen molar-refractivity contribution < 1.29 is 13.2 Å². The minimum Gasteiger partial charge on any atom is -0.320 e. The molecule has 21 heavy (non-hydrogen) atoms. The number of sulfonamides is 1. The Balaban J connectivity index is 2.33. The van der Waals surface area contributed by atoms with E-state index in [4.69, 9.17) is 5.14 Å². The number of benzene rings is 1. The van der Waals surface area contributed by atoms with E-state index >= 15 is 0 Å². The summed E-state index contributed by atoms with van der Waals surface area (Å²) in [5.74, 6) is -0.439. The quantitative estimate of drug-likeness (QED) is 0.808. The molecule has 0 spiro atoms. The highest BCUT2D eigenvalue weighted by Gasteiger charge is 2.13. The maximum Gasteiger partial charge on any atom is 0.274 e. The molecule has 0 aliphatic rings. The van der Waals surface area contributed by atoms with Gasteiger partial charge in [0, 0.05) is 5.69 Å². The first-order valence-electron chi connectivity index (χ1n) is 5.85. The zero-order valence-corrected chi connectivity index (χ0v) is 13.4. The number of aryl methyl sites for hydroxylation is 1. The summed E-state index contributed by atoms with van der Waals surface area (Å²) in [4.78, 5) is 16.1. The SMILES string of the molecule is Cc1ccc(S(N)(=O)=O)cc1NC(=O)c1cccc(Br)n1. The second-order valence-corrected chi connectivity index (χ2v) is 6.70. The molecule has 2 aromatic rings. The van der Waals surface area contributed by atoms with Crippen LogP contribution in [0, 0.1) is 6.92 Å². The van der Waals surface area contributed by atoms with Crippen LogP contribution in [0.4, 0.5) is 5.69 Å². The number of hydrogen-bond donors (Lipinski definition) is 2. The number of carbonyl (C=O) groups is 1. The van der Waals surface area contributed by atoms with Gasteiger partial charge in [-0.15, -0.1) is 0 Å². The summed E-state index contributed by atoms with van der Waals surface area (Å²) in [5.41, 5.74) is 1.30. The average Bonchev–Trinajstić information content (AvgIpc) is 2.40. The molecule has 0 saturated carbocycles. The van der Waals surface area contributed by atoms with Gasteiger partial charge in [0.25, 0.3) is 5.91 Å². The molecular weight excluding hydrogens is 358 g/mol. The maximum absolute atomic E-state index is 12.1. The number of nitrogens with zero attached hydrogens (tertiary/aromatic N) is 1. The lowest BCUT2D eigenvalue weighted by Crippen LogP contribution is -2.16. The molecule has 0 aliphatic heterocycles. The average molecular weight is 370 g/mol. The minimum absolute atomic E-state index is 0.0643. The van der Waals surface area contributed by atoms with Crippen LogP contribution in [0.5, 0.6) is 0 Å². The molecule has 1 heterocycles. The van der Waals surface area contributed by atoms with Crippen molar-refractivity contribution in [1.82, 2.24) is 4.98 Å². The van der Waals surface area contributed by atoms with Gasteiger partial charge in [0.15, 0.2) is 0 Å². The number of primary sulfonamides is 1. The van der Waals surface area contributed by atoms with Crippen LogP contribution in [0.2, 0.25) is 0 Å². The Morgan fingerprint density at radius 1 is 1.29 bits per heavy atom. The number of aromatic nitrogens is 1. The standard InChI is InChI=1S/C13H12BrN3O3S/c1-8-5-6-9(21(15,19)20)7-11(8)17-13(18)10-3-2-4-12(14)16-10/h2-7H,1H3,(H,17,18)(H2,15,19,20). The molecular formula is C13H12BrN3O3S. The number of nitrogens with two attached hydrogens (primary N) is 1. The predicted octanol–water partition coefficient (Wildman–Crippen LogP) is 2.05. The van der Waals surface area contributed by atoms with Gasteiger partial charge in [0.2, 0.25) is 10.0 Å². The third-order valence-corrected chi connectivity index (χ3v) is 4.09. The topological polar surface area (TPSA) is 102 Å². The summed E-state index contributed by atoms with van der Waals surface area (Å²) >= 11 is 3.18. The van der Waals surface area contributed by atoms with Crippen LogP contribution >= 0.6 is 15.9 Å². The Bertz CT molecular complexity index is 806. The molecule has 3 N–H and O–H groups in total. The summed E-state index contributed by atoms with van der Waals surface area (Å²) in [6.45, 7) is 1.75.